The van der Waals surface area contributed by atoms with Gasteiger partial charge >= 0.3 is 0 Å². The quantitative estimate of drug-likeness (QED) is 0.713. The van der Waals surface area contributed by atoms with Crippen LogP contribution < -0.4 is 5.73 Å². The number of imidazole rings is 1. The first-order valence-corrected chi connectivity index (χ1v) is 4.64. The zero-order valence-corrected chi connectivity index (χ0v) is 8.96. The van der Waals surface area contributed by atoms with Gasteiger partial charge in [-0.15, -0.1) is 0 Å². The van der Waals surface area contributed by atoms with Gasteiger partial charge in [-0.1, -0.05) is 0 Å². The first-order valence-electron chi connectivity index (χ1n) is 3.84. The molecule has 2 N–H and O–H groups in total. The molecule has 0 aliphatic carbocycles. The molecule has 0 saturated carbocycles. The Morgan fingerprint density at radius 1 is 1.46 bits per heavy atom. The van der Waals surface area contributed by atoms with Crippen molar-refractivity contribution in [1.82, 2.24) is 14.5 Å². The number of nitrogens with two attached hydrogens (primary N) is 1. The molecule has 0 bridgehead atoms. The third-order valence-electron chi connectivity index (χ3n) is 2.08. The molecule has 2 aromatic heterocycles. The Bertz CT molecular complexity index is 474. The summed E-state index contributed by atoms with van der Waals surface area (Å²) in [5.74, 6) is 0.931. The smallest absolute Gasteiger partial charge is 0.179 e. The van der Waals surface area contributed by atoms with Gasteiger partial charge in [0.05, 0.1) is 11.2 Å². The predicted molar refractivity (Wildman–Crippen MR) is 55.4 cm³/mol. The summed E-state index contributed by atoms with van der Waals surface area (Å²) < 4.78 is 2.61. The van der Waals surface area contributed by atoms with Crippen LogP contribution in [0, 0.1) is 6.92 Å². The number of aryl methyl sites for hydroxylation is 2. The summed E-state index contributed by atoms with van der Waals surface area (Å²) in [6.45, 7) is 1.94. The Morgan fingerprint density at radius 3 is 2.85 bits per heavy atom. The molecule has 0 fully saturated rings. The Balaban J connectivity index is 2.89. The molecule has 0 spiro atoms. The van der Waals surface area contributed by atoms with E-state index in [1.807, 2.05) is 24.6 Å². The van der Waals surface area contributed by atoms with Gasteiger partial charge in [-0.2, -0.15) is 0 Å². The fourth-order valence-electron chi connectivity index (χ4n) is 1.22. The van der Waals surface area contributed by atoms with E-state index in [4.69, 9.17) is 5.73 Å². The highest BCUT2D eigenvalue weighted by atomic mass is 79.9. The van der Waals surface area contributed by atoms with E-state index >= 15 is 0 Å². The SMILES string of the molecule is Cc1nc2nc(Br)c(N)cc2n1C. The molecule has 4 nitrogen and oxygen atoms in total. The standard InChI is InChI=1S/C8H9BrN4/c1-4-11-8-6(13(4)2)3-5(10)7(9)12-8/h3H,10H2,1-2H3. The monoisotopic (exact) mass is 240 g/mol. The molecule has 2 rings (SSSR count). The van der Waals surface area contributed by atoms with E-state index in [9.17, 15) is 0 Å². The zero-order valence-electron chi connectivity index (χ0n) is 7.37. The van der Waals surface area contributed by atoms with Gasteiger partial charge in [-0.3, -0.25) is 0 Å². The van der Waals surface area contributed by atoms with Crippen LogP contribution in [-0.4, -0.2) is 14.5 Å². The Hall–Kier alpha value is -1.10. The second-order valence-corrected chi connectivity index (χ2v) is 3.68. The van der Waals surface area contributed by atoms with E-state index in [2.05, 4.69) is 25.9 Å². The first kappa shape index (κ1) is 8.50. The third kappa shape index (κ3) is 1.19. The minimum atomic E-state index is 0.635. The van der Waals surface area contributed by atoms with Crippen molar-refractivity contribution in [2.75, 3.05) is 5.73 Å². The molecule has 0 aliphatic rings. The van der Waals surface area contributed by atoms with E-state index in [0.717, 1.165) is 17.0 Å². The van der Waals surface area contributed by atoms with Crippen LogP contribution in [0.5, 0.6) is 0 Å². The van der Waals surface area contributed by atoms with E-state index in [0.29, 0.717) is 10.3 Å². The van der Waals surface area contributed by atoms with Gasteiger partial charge < -0.3 is 10.3 Å². The zero-order chi connectivity index (χ0) is 9.59. The Kier molecular flexibility index (Phi) is 1.76. The number of rotatable bonds is 0. The highest BCUT2D eigenvalue weighted by Gasteiger charge is 2.07. The molecule has 0 aliphatic heterocycles. The van der Waals surface area contributed by atoms with Crippen molar-refractivity contribution in [3.05, 3.63) is 16.5 Å². The van der Waals surface area contributed by atoms with Crippen LogP contribution in [0.3, 0.4) is 0 Å². The largest absolute Gasteiger partial charge is 0.396 e. The van der Waals surface area contributed by atoms with Gasteiger partial charge in [0.1, 0.15) is 10.4 Å². The Morgan fingerprint density at radius 2 is 2.15 bits per heavy atom. The number of fused-ring (bicyclic) bond motifs is 1. The maximum absolute atomic E-state index is 5.71. The molecule has 0 saturated heterocycles. The maximum Gasteiger partial charge on any atom is 0.179 e. The lowest BCUT2D eigenvalue weighted by Crippen LogP contribution is -1.93. The summed E-state index contributed by atoms with van der Waals surface area (Å²) in [5, 5.41) is 0. The minimum Gasteiger partial charge on any atom is -0.396 e. The van der Waals surface area contributed by atoms with E-state index < -0.39 is 0 Å². The number of hydrogen-bond donors (Lipinski definition) is 1. The predicted octanol–water partition coefficient (Wildman–Crippen LogP) is 1.62. The fraction of sp³-hybridized carbons (Fsp3) is 0.250. The molecule has 0 aromatic carbocycles. The topological polar surface area (TPSA) is 56.7 Å². The maximum atomic E-state index is 5.71. The molecule has 2 aromatic rings. The average Bonchev–Trinajstić information content (AvgIpc) is 2.32. The van der Waals surface area contributed by atoms with Crippen molar-refractivity contribution < 1.29 is 0 Å². The number of hydrogen-bond acceptors (Lipinski definition) is 3. The van der Waals surface area contributed by atoms with Crippen LogP contribution in [0.2, 0.25) is 0 Å². The molecule has 0 radical (unpaired) electrons. The second-order valence-electron chi connectivity index (χ2n) is 2.93. The summed E-state index contributed by atoms with van der Waals surface area (Å²) in [5.41, 5.74) is 8.03. The highest BCUT2D eigenvalue weighted by Crippen LogP contribution is 2.22. The van der Waals surface area contributed by atoms with Crippen molar-refractivity contribution in [3.8, 4) is 0 Å². The van der Waals surface area contributed by atoms with Crippen LogP contribution in [0.15, 0.2) is 10.7 Å². The lowest BCUT2D eigenvalue weighted by Gasteiger charge is -1.98. The molecule has 13 heavy (non-hydrogen) atoms. The first-order chi connectivity index (χ1) is 6.09. The number of nitrogen functional groups attached to an aromatic ring is 1. The second kappa shape index (κ2) is 2.70. The molecule has 68 valence electrons. The van der Waals surface area contributed by atoms with Crippen molar-refractivity contribution >= 4 is 32.8 Å². The molecule has 5 heteroatoms. The van der Waals surface area contributed by atoms with Gasteiger partial charge in [0.2, 0.25) is 0 Å². The summed E-state index contributed by atoms with van der Waals surface area (Å²) >= 11 is 3.26. The van der Waals surface area contributed by atoms with Crippen molar-refractivity contribution in [1.29, 1.82) is 0 Å². The average molecular weight is 241 g/mol. The normalized spacial score (nSPS) is 11.0. The van der Waals surface area contributed by atoms with Crippen molar-refractivity contribution in [3.63, 3.8) is 0 Å². The summed E-state index contributed by atoms with van der Waals surface area (Å²) in [6, 6.07) is 1.87. The number of nitrogens with zero attached hydrogens (tertiary/aromatic N) is 3. The summed E-state index contributed by atoms with van der Waals surface area (Å²) in [4.78, 5) is 8.50. The van der Waals surface area contributed by atoms with Crippen LogP contribution in [0.1, 0.15) is 5.82 Å². The van der Waals surface area contributed by atoms with Crippen molar-refractivity contribution in [2.45, 2.75) is 6.92 Å². The van der Waals surface area contributed by atoms with Gasteiger partial charge in [-0.05, 0) is 28.9 Å². The number of aromatic nitrogens is 3. The summed E-state index contributed by atoms with van der Waals surface area (Å²) in [7, 11) is 1.94. The van der Waals surface area contributed by atoms with E-state index in [1.165, 1.54) is 0 Å². The number of anilines is 1. The highest BCUT2D eigenvalue weighted by molar-refractivity contribution is 9.10. The van der Waals surface area contributed by atoms with E-state index in [1.54, 1.807) is 0 Å². The molecular weight excluding hydrogens is 232 g/mol. The lowest BCUT2D eigenvalue weighted by atomic mass is 10.4. The fourth-order valence-corrected chi connectivity index (χ4v) is 1.50. The number of pyridine rings is 1. The van der Waals surface area contributed by atoms with E-state index in [-0.39, 0.29) is 0 Å². The van der Waals surface area contributed by atoms with Gasteiger partial charge in [0, 0.05) is 7.05 Å². The molecular formula is C8H9BrN4. The van der Waals surface area contributed by atoms with Crippen LogP contribution in [-0.2, 0) is 7.05 Å². The van der Waals surface area contributed by atoms with Crippen LogP contribution >= 0.6 is 15.9 Å². The third-order valence-corrected chi connectivity index (χ3v) is 2.71. The molecule has 2 heterocycles. The van der Waals surface area contributed by atoms with Gasteiger partial charge in [-0.25, -0.2) is 9.97 Å². The van der Waals surface area contributed by atoms with Crippen LogP contribution in [0.4, 0.5) is 5.69 Å². The Labute approximate surface area is 83.9 Å². The molecule has 0 amide bonds. The number of halogens is 1. The molecule has 0 unspecified atom stereocenters. The van der Waals surface area contributed by atoms with Gasteiger partial charge in [0.15, 0.2) is 5.65 Å². The van der Waals surface area contributed by atoms with Crippen LogP contribution in [0.25, 0.3) is 11.2 Å². The molecule has 0 atom stereocenters. The van der Waals surface area contributed by atoms with Gasteiger partial charge in [0.25, 0.3) is 0 Å². The summed E-state index contributed by atoms with van der Waals surface area (Å²) in [6.07, 6.45) is 0. The minimum absolute atomic E-state index is 0.635. The van der Waals surface area contributed by atoms with Crippen molar-refractivity contribution in [2.24, 2.45) is 7.05 Å². The lowest BCUT2D eigenvalue weighted by molar-refractivity contribution is 0.886.